The van der Waals surface area contributed by atoms with Crippen LogP contribution in [-0.4, -0.2) is 18.2 Å². The van der Waals surface area contributed by atoms with Crippen molar-refractivity contribution >= 4 is 6.09 Å². The summed E-state index contributed by atoms with van der Waals surface area (Å²) < 4.78 is 5.61. The van der Waals surface area contributed by atoms with Crippen molar-refractivity contribution in [1.82, 2.24) is 5.32 Å². The molecule has 4 aliphatic rings. The van der Waals surface area contributed by atoms with E-state index in [4.69, 9.17) is 4.74 Å². The van der Waals surface area contributed by atoms with Crippen LogP contribution >= 0.6 is 0 Å². The lowest BCUT2D eigenvalue weighted by atomic mass is 9.43. The fourth-order valence-electron chi connectivity index (χ4n) is 8.09. The summed E-state index contributed by atoms with van der Waals surface area (Å²) in [4.78, 5) is 12.7. The molecule has 3 nitrogen and oxygen atoms in total. The number of ether oxygens (including phenoxy) is 1. The first-order valence-electron chi connectivity index (χ1n) is 14.5. The number of allylic oxidation sites excluding steroid dienone is 7. The highest BCUT2D eigenvalue weighted by Crippen LogP contribution is 2.66. The van der Waals surface area contributed by atoms with Crippen LogP contribution in [0.25, 0.3) is 0 Å². The van der Waals surface area contributed by atoms with Gasteiger partial charge < -0.3 is 10.1 Å². The van der Waals surface area contributed by atoms with Crippen molar-refractivity contribution in [3.8, 4) is 0 Å². The Morgan fingerprint density at radius 1 is 0.750 bits per heavy atom. The monoisotopic (exact) mass is 495 g/mol. The molecule has 36 heavy (non-hydrogen) atoms. The number of carbonyl (C=O) groups is 1. The maximum atomic E-state index is 12.7. The number of alkyl carbamates (subject to hydrolysis) is 1. The van der Waals surface area contributed by atoms with Gasteiger partial charge in [0.1, 0.15) is 6.61 Å². The van der Waals surface area contributed by atoms with Gasteiger partial charge in [-0.2, -0.15) is 0 Å². The maximum Gasteiger partial charge on any atom is 0.407 e. The third-order valence-electron chi connectivity index (χ3n) is 8.79. The highest BCUT2D eigenvalue weighted by molar-refractivity contribution is 5.68. The van der Waals surface area contributed by atoms with Crippen molar-refractivity contribution in [3.63, 3.8) is 0 Å². The van der Waals surface area contributed by atoms with Gasteiger partial charge in [0, 0.05) is 5.54 Å². The summed E-state index contributed by atoms with van der Waals surface area (Å²) in [5.41, 5.74) is 6.40. The molecule has 0 spiro atoms. The van der Waals surface area contributed by atoms with Gasteiger partial charge in [-0.3, -0.25) is 0 Å². The van der Waals surface area contributed by atoms with E-state index in [0.29, 0.717) is 17.4 Å². The second kappa shape index (κ2) is 12.2. The van der Waals surface area contributed by atoms with Crippen molar-refractivity contribution < 1.29 is 9.53 Å². The van der Waals surface area contributed by atoms with E-state index in [2.05, 4.69) is 78.1 Å². The molecule has 4 saturated carbocycles. The van der Waals surface area contributed by atoms with Crippen LogP contribution in [0, 0.1) is 16.7 Å². The van der Waals surface area contributed by atoms with Crippen LogP contribution in [0.1, 0.15) is 126 Å². The van der Waals surface area contributed by atoms with E-state index in [1.165, 1.54) is 41.6 Å². The fourth-order valence-corrected chi connectivity index (χ4v) is 8.09. The first kappa shape index (κ1) is 28.8. The Kier molecular flexibility index (Phi) is 9.74. The molecule has 0 heterocycles. The number of rotatable bonds is 12. The molecule has 0 saturated heterocycles. The smallest absolute Gasteiger partial charge is 0.407 e. The lowest BCUT2D eigenvalue weighted by Crippen LogP contribution is -2.65. The second-order valence-electron chi connectivity index (χ2n) is 13.7. The summed E-state index contributed by atoms with van der Waals surface area (Å²) in [5, 5.41) is 3.34. The van der Waals surface area contributed by atoms with Crippen LogP contribution in [0.4, 0.5) is 4.79 Å². The predicted octanol–water partition coefficient (Wildman–Crippen LogP) is 9.61. The zero-order chi connectivity index (χ0) is 26.4. The normalized spacial score (nSPS) is 32.0. The Morgan fingerprint density at radius 2 is 1.25 bits per heavy atom. The molecule has 4 fully saturated rings. The standard InChI is InChI=1S/C33H53NO2/c1-25(2)11-8-12-26(3)13-9-14-27(4)15-10-16-28(5)17-18-36-30(35)34-33-21-29-19-31(6,23-33)22-32(7,20-29)24-33/h11,13,15,17,29H,8-10,12,14,16,18-24H2,1-7H3,(H,34,35). The molecule has 0 aromatic heterocycles. The van der Waals surface area contributed by atoms with Crippen LogP contribution in [-0.2, 0) is 4.74 Å². The van der Waals surface area contributed by atoms with E-state index in [1.807, 2.05) is 0 Å². The molecule has 1 N–H and O–H groups in total. The van der Waals surface area contributed by atoms with Gasteiger partial charge in [0.05, 0.1) is 0 Å². The molecular weight excluding hydrogens is 442 g/mol. The molecule has 0 radical (unpaired) electrons. The van der Waals surface area contributed by atoms with Crippen LogP contribution < -0.4 is 5.32 Å². The number of hydrogen-bond acceptors (Lipinski definition) is 2. The second-order valence-corrected chi connectivity index (χ2v) is 13.7. The molecule has 202 valence electrons. The molecule has 1 amide bonds. The number of nitrogens with one attached hydrogen (secondary N) is 1. The molecule has 2 unspecified atom stereocenters. The van der Waals surface area contributed by atoms with E-state index in [0.717, 1.165) is 63.7 Å². The summed E-state index contributed by atoms with van der Waals surface area (Å²) in [6.45, 7) is 16.2. The van der Waals surface area contributed by atoms with Gasteiger partial charge in [-0.25, -0.2) is 4.79 Å². The van der Waals surface area contributed by atoms with Crippen molar-refractivity contribution in [2.24, 2.45) is 16.7 Å². The summed E-state index contributed by atoms with van der Waals surface area (Å²) in [5.74, 6) is 0.766. The zero-order valence-electron chi connectivity index (χ0n) is 24.4. The molecule has 2 atom stereocenters. The Labute approximate surface area is 221 Å². The molecule has 3 heteroatoms. The average Bonchev–Trinajstić information content (AvgIpc) is 2.70. The minimum absolute atomic E-state index is 0.0413. The highest BCUT2D eigenvalue weighted by Gasteiger charge is 2.60. The van der Waals surface area contributed by atoms with Crippen molar-refractivity contribution in [3.05, 3.63) is 46.6 Å². The van der Waals surface area contributed by atoms with Gasteiger partial charge in [-0.15, -0.1) is 0 Å². The van der Waals surface area contributed by atoms with Crippen LogP contribution in [0.2, 0.25) is 0 Å². The van der Waals surface area contributed by atoms with E-state index in [9.17, 15) is 4.79 Å². The SMILES string of the molecule is CC(C)=CCCC(C)=CCCC(C)=CCCC(C)=CCOC(=O)NC12CC3CC(C)(CC(C)(C3)C1)C2. The minimum Gasteiger partial charge on any atom is -0.445 e. The Balaban J connectivity index is 1.33. The minimum atomic E-state index is -0.229. The van der Waals surface area contributed by atoms with Gasteiger partial charge >= 0.3 is 6.09 Å². The van der Waals surface area contributed by atoms with E-state index in [-0.39, 0.29) is 11.6 Å². The molecule has 0 aromatic carbocycles. The quantitative estimate of drug-likeness (QED) is 0.274. The van der Waals surface area contributed by atoms with Gasteiger partial charge in [0.2, 0.25) is 0 Å². The van der Waals surface area contributed by atoms with Crippen molar-refractivity contribution in [2.45, 2.75) is 131 Å². The summed E-state index contributed by atoms with van der Waals surface area (Å²) in [6, 6.07) is 0. The summed E-state index contributed by atoms with van der Waals surface area (Å²) >= 11 is 0. The van der Waals surface area contributed by atoms with E-state index < -0.39 is 0 Å². The topological polar surface area (TPSA) is 38.3 Å². The lowest BCUT2D eigenvalue weighted by Gasteiger charge is -2.65. The van der Waals surface area contributed by atoms with Crippen LogP contribution in [0.15, 0.2) is 46.6 Å². The highest BCUT2D eigenvalue weighted by atomic mass is 16.5. The van der Waals surface area contributed by atoms with E-state index >= 15 is 0 Å². The molecule has 4 rings (SSSR count). The van der Waals surface area contributed by atoms with Gasteiger partial charge in [-0.1, -0.05) is 54.4 Å². The van der Waals surface area contributed by atoms with Gasteiger partial charge in [0.25, 0.3) is 0 Å². The average molecular weight is 496 g/mol. The third kappa shape index (κ3) is 8.67. The van der Waals surface area contributed by atoms with Gasteiger partial charge in [-0.05, 0) is 134 Å². The fraction of sp³-hybridized carbons (Fsp3) is 0.727. The molecular formula is C33H53NO2. The van der Waals surface area contributed by atoms with Gasteiger partial charge in [0.15, 0.2) is 0 Å². The molecule has 4 aliphatic carbocycles. The summed E-state index contributed by atoms with van der Waals surface area (Å²) in [7, 11) is 0. The molecule has 4 bridgehead atoms. The first-order valence-corrected chi connectivity index (χ1v) is 14.5. The Bertz CT molecular complexity index is 883. The Morgan fingerprint density at radius 3 is 1.75 bits per heavy atom. The van der Waals surface area contributed by atoms with Crippen LogP contribution in [0.5, 0.6) is 0 Å². The van der Waals surface area contributed by atoms with Crippen molar-refractivity contribution in [2.75, 3.05) is 6.61 Å². The number of hydrogen-bond donors (Lipinski definition) is 1. The zero-order valence-corrected chi connectivity index (χ0v) is 24.4. The third-order valence-corrected chi connectivity index (χ3v) is 8.79. The molecule has 0 aromatic rings. The largest absolute Gasteiger partial charge is 0.445 e. The summed E-state index contributed by atoms with van der Waals surface area (Å²) in [6.07, 6.45) is 22.9. The number of amides is 1. The number of carbonyl (C=O) groups excluding carboxylic acids is 1. The molecule has 0 aliphatic heterocycles. The maximum absolute atomic E-state index is 12.7. The van der Waals surface area contributed by atoms with Crippen LogP contribution in [0.3, 0.4) is 0 Å². The van der Waals surface area contributed by atoms with E-state index in [1.54, 1.807) is 0 Å². The first-order chi connectivity index (χ1) is 16.9. The van der Waals surface area contributed by atoms with Crippen molar-refractivity contribution in [1.29, 1.82) is 0 Å². The lowest BCUT2D eigenvalue weighted by molar-refractivity contribution is -0.115. The predicted molar refractivity (Wildman–Crippen MR) is 153 cm³/mol. The Hall–Kier alpha value is -1.77.